The van der Waals surface area contributed by atoms with Gasteiger partial charge in [-0.1, -0.05) is 60.1 Å². The molecule has 0 saturated carbocycles. The van der Waals surface area contributed by atoms with Crippen molar-refractivity contribution in [2.75, 3.05) is 25.0 Å². The Hall–Kier alpha value is -4.68. The van der Waals surface area contributed by atoms with Crippen molar-refractivity contribution in [1.29, 1.82) is 0 Å². The summed E-state index contributed by atoms with van der Waals surface area (Å²) >= 11 is 6.09. The van der Waals surface area contributed by atoms with Crippen molar-refractivity contribution in [3.8, 4) is 28.4 Å². The summed E-state index contributed by atoms with van der Waals surface area (Å²) in [5, 5.41) is 25.3. The van der Waals surface area contributed by atoms with Crippen LogP contribution in [0.25, 0.3) is 21.9 Å². The number of urea groups is 1. The molecule has 6 nitrogen and oxygen atoms in total. The Morgan fingerprint density at radius 1 is 0.881 bits per heavy atom. The Morgan fingerprint density at radius 2 is 1.62 bits per heavy atom. The van der Waals surface area contributed by atoms with E-state index in [1.807, 2.05) is 68.4 Å². The van der Waals surface area contributed by atoms with E-state index in [9.17, 15) is 15.0 Å². The molecule has 0 heterocycles. The average molecular weight is 581 g/mol. The number of carbonyl (C=O) groups excluding carboxylic acids is 1. The van der Waals surface area contributed by atoms with Crippen molar-refractivity contribution in [1.82, 2.24) is 4.90 Å². The highest BCUT2D eigenvalue weighted by atomic mass is 35.5. The van der Waals surface area contributed by atoms with Gasteiger partial charge in [0.2, 0.25) is 0 Å². The number of ether oxygens (including phenoxy) is 1. The lowest BCUT2D eigenvalue weighted by atomic mass is 9.90. The van der Waals surface area contributed by atoms with Crippen LogP contribution in [0.1, 0.15) is 23.6 Å². The largest absolute Gasteiger partial charge is 0.508 e. The first-order chi connectivity index (χ1) is 20.3. The third-order valence-corrected chi connectivity index (χ3v) is 7.57. The van der Waals surface area contributed by atoms with E-state index in [1.54, 1.807) is 41.3 Å². The number of likely N-dealkylation sites (N-methyl/N-ethyl adjacent to an activating group) is 1. The first kappa shape index (κ1) is 28.8. The molecule has 0 aliphatic rings. The van der Waals surface area contributed by atoms with Gasteiger partial charge < -0.3 is 25.2 Å². The van der Waals surface area contributed by atoms with Crippen LogP contribution in [0, 0.1) is 6.92 Å². The molecule has 2 amide bonds. The predicted molar refractivity (Wildman–Crippen MR) is 170 cm³/mol. The number of aromatic hydroxyl groups is 2. The van der Waals surface area contributed by atoms with Gasteiger partial charge in [-0.2, -0.15) is 0 Å². The average Bonchev–Trinajstić information content (AvgIpc) is 2.98. The van der Waals surface area contributed by atoms with Gasteiger partial charge in [0, 0.05) is 17.3 Å². The van der Waals surface area contributed by atoms with E-state index in [2.05, 4.69) is 11.4 Å². The maximum absolute atomic E-state index is 12.8. The van der Waals surface area contributed by atoms with E-state index < -0.39 is 0 Å². The number of rotatable bonds is 9. The van der Waals surface area contributed by atoms with Crippen LogP contribution in [0.15, 0.2) is 97.1 Å². The van der Waals surface area contributed by atoms with E-state index in [0.717, 1.165) is 44.3 Å². The number of anilines is 1. The number of phenols is 2. The fourth-order valence-electron chi connectivity index (χ4n) is 4.99. The fourth-order valence-corrected chi connectivity index (χ4v) is 5.16. The number of halogens is 1. The third kappa shape index (κ3) is 6.78. The lowest BCUT2D eigenvalue weighted by molar-refractivity contribution is 0.198. The van der Waals surface area contributed by atoms with E-state index in [1.165, 1.54) is 0 Å². The fraction of sp³-hybridized carbons (Fsp3) is 0.171. The molecule has 0 aromatic heterocycles. The van der Waals surface area contributed by atoms with Gasteiger partial charge in [-0.3, -0.25) is 0 Å². The summed E-state index contributed by atoms with van der Waals surface area (Å²) in [6, 6.07) is 29.9. The van der Waals surface area contributed by atoms with Gasteiger partial charge in [-0.15, -0.1) is 0 Å². The van der Waals surface area contributed by atoms with Crippen LogP contribution in [0.4, 0.5) is 10.5 Å². The molecule has 0 aliphatic carbocycles. The van der Waals surface area contributed by atoms with Crippen LogP contribution in [-0.4, -0.2) is 40.8 Å². The zero-order chi connectivity index (χ0) is 29.6. The second-order valence-electron chi connectivity index (χ2n) is 10.2. The molecule has 0 unspecified atom stereocenters. The molecule has 0 saturated heterocycles. The van der Waals surface area contributed by atoms with Gasteiger partial charge in [0.25, 0.3) is 0 Å². The molecule has 0 atom stereocenters. The molecule has 0 aliphatic heterocycles. The van der Waals surface area contributed by atoms with E-state index in [4.69, 9.17) is 16.3 Å². The Bertz CT molecular complexity index is 1700. The molecule has 42 heavy (non-hydrogen) atoms. The zero-order valence-electron chi connectivity index (χ0n) is 23.6. The highest BCUT2D eigenvalue weighted by Crippen LogP contribution is 2.34. The Labute approximate surface area is 250 Å². The molecule has 0 spiro atoms. The summed E-state index contributed by atoms with van der Waals surface area (Å²) in [5.41, 5.74) is 5.95. The van der Waals surface area contributed by atoms with Crippen molar-refractivity contribution in [2.45, 2.75) is 20.3 Å². The highest BCUT2D eigenvalue weighted by Gasteiger charge is 2.14. The maximum atomic E-state index is 12.8. The first-order valence-electron chi connectivity index (χ1n) is 13.9. The zero-order valence-corrected chi connectivity index (χ0v) is 24.4. The normalized spacial score (nSPS) is 10.9. The van der Waals surface area contributed by atoms with Crippen molar-refractivity contribution in [3.05, 3.63) is 119 Å². The number of hydrogen-bond acceptors (Lipinski definition) is 4. The molecule has 7 heteroatoms. The number of phenolic OH excluding ortho intramolecular Hbond substituents is 2. The minimum atomic E-state index is -0.199. The van der Waals surface area contributed by atoms with Crippen LogP contribution in [-0.2, 0) is 6.42 Å². The maximum Gasteiger partial charge on any atom is 0.321 e. The number of aryl methyl sites for hydroxylation is 1. The van der Waals surface area contributed by atoms with Gasteiger partial charge in [-0.05, 0) is 107 Å². The Balaban J connectivity index is 1.26. The van der Waals surface area contributed by atoms with Crippen LogP contribution in [0.3, 0.4) is 0 Å². The van der Waals surface area contributed by atoms with Crippen molar-refractivity contribution in [3.63, 3.8) is 0 Å². The number of nitrogens with zero attached hydrogens (tertiary/aromatic N) is 1. The second kappa shape index (κ2) is 12.9. The molecular weight excluding hydrogens is 548 g/mol. The summed E-state index contributed by atoms with van der Waals surface area (Å²) in [7, 11) is 0. The predicted octanol–water partition coefficient (Wildman–Crippen LogP) is 8.40. The quantitative estimate of drug-likeness (QED) is 0.163. The number of amides is 2. The summed E-state index contributed by atoms with van der Waals surface area (Å²) < 4.78 is 5.98. The highest BCUT2D eigenvalue weighted by molar-refractivity contribution is 6.31. The summed E-state index contributed by atoms with van der Waals surface area (Å²) in [5.74, 6) is 1.18. The molecule has 214 valence electrons. The number of benzene rings is 5. The molecule has 5 rings (SSSR count). The van der Waals surface area contributed by atoms with Gasteiger partial charge in [0.05, 0.1) is 6.54 Å². The smallest absolute Gasteiger partial charge is 0.321 e. The number of hydrogen-bond donors (Lipinski definition) is 3. The van der Waals surface area contributed by atoms with Crippen LogP contribution in [0.2, 0.25) is 5.02 Å². The molecule has 0 radical (unpaired) electrons. The minimum absolute atomic E-state index is 0.199. The SMILES string of the molecule is CCN(CCOc1ccc(Cc2c(-c3ccc(O)cc3)ccc3cc(O)ccc23)cc1)C(=O)Nc1cc(Cl)ccc1C. The van der Waals surface area contributed by atoms with Crippen LogP contribution < -0.4 is 10.1 Å². The van der Waals surface area contributed by atoms with E-state index in [0.29, 0.717) is 36.8 Å². The Kier molecular flexibility index (Phi) is 8.84. The standard InChI is InChI=1S/C35H33ClN2O4/c1-3-38(35(41)37-34-22-27(36)10-4-23(34)2)18-19-42-30-14-5-24(6-15-30)20-33-31(25-7-11-28(39)12-8-25)16-9-26-21-29(40)13-17-32(26)33/h4-17,21-22,39-40H,3,18-20H2,1-2H3,(H,37,41). The van der Waals surface area contributed by atoms with Crippen LogP contribution >= 0.6 is 11.6 Å². The number of fused-ring (bicyclic) bond motifs is 1. The lowest BCUT2D eigenvalue weighted by Crippen LogP contribution is -2.37. The first-order valence-corrected chi connectivity index (χ1v) is 14.3. The summed E-state index contributed by atoms with van der Waals surface area (Å²) in [6.07, 6.45) is 0.672. The van der Waals surface area contributed by atoms with Gasteiger partial charge in [0.15, 0.2) is 0 Å². The third-order valence-electron chi connectivity index (χ3n) is 7.34. The van der Waals surface area contributed by atoms with Crippen molar-refractivity contribution in [2.24, 2.45) is 0 Å². The number of carbonyl (C=O) groups is 1. The lowest BCUT2D eigenvalue weighted by Gasteiger charge is -2.22. The molecule has 5 aromatic rings. The van der Waals surface area contributed by atoms with E-state index >= 15 is 0 Å². The Morgan fingerprint density at radius 3 is 2.36 bits per heavy atom. The van der Waals surface area contributed by atoms with Gasteiger partial charge >= 0.3 is 6.03 Å². The molecule has 3 N–H and O–H groups in total. The van der Waals surface area contributed by atoms with Crippen molar-refractivity contribution >= 4 is 34.1 Å². The molecule has 0 fully saturated rings. The summed E-state index contributed by atoms with van der Waals surface area (Å²) in [6.45, 7) is 5.18. The second-order valence-corrected chi connectivity index (χ2v) is 10.6. The summed E-state index contributed by atoms with van der Waals surface area (Å²) in [4.78, 5) is 14.5. The molecule has 5 aromatic carbocycles. The van der Waals surface area contributed by atoms with Crippen molar-refractivity contribution < 1.29 is 19.7 Å². The van der Waals surface area contributed by atoms with E-state index in [-0.39, 0.29) is 17.5 Å². The molecule has 0 bridgehead atoms. The topological polar surface area (TPSA) is 82.0 Å². The monoisotopic (exact) mass is 580 g/mol. The number of nitrogens with one attached hydrogen (secondary N) is 1. The molecular formula is C35H33ClN2O4. The van der Waals surface area contributed by atoms with Crippen LogP contribution in [0.5, 0.6) is 17.2 Å². The minimum Gasteiger partial charge on any atom is -0.508 e. The van der Waals surface area contributed by atoms with Gasteiger partial charge in [-0.25, -0.2) is 4.79 Å². The van der Waals surface area contributed by atoms with Gasteiger partial charge in [0.1, 0.15) is 23.9 Å².